The molecular weight excluding hydrogens is 421 g/mol. The normalized spacial score (nSPS) is 11.2. The standard InChI is InChI=1S/C23H17F3N4O2/c1-14-7-8-18(29-21(31)15-4-2-6-17(10-15)23(24,25)26)11-19(14)30-22-28-13-20(32-22)16-5-3-9-27-12-16/h2-13H,1H3,(H,28,30)(H,29,31). The minimum Gasteiger partial charge on any atom is -0.423 e. The lowest BCUT2D eigenvalue weighted by molar-refractivity contribution is -0.137. The van der Waals surface area contributed by atoms with Crippen LogP contribution >= 0.6 is 0 Å². The van der Waals surface area contributed by atoms with Crippen molar-refractivity contribution in [1.82, 2.24) is 9.97 Å². The summed E-state index contributed by atoms with van der Waals surface area (Å²) in [6.45, 7) is 1.85. The van der Waals surface area contributed by atoms with E-state index in [0.29, 0.717) is 17.1 Å². The number of carbonyl (C=O) groups excluding carboxylic acids is 1. The van der Waals surface area contributed by atoms with Gasteiger partial charge in [0.2, 0.25) is 0 Å². The van der Waals surface area contributed by atoms with Gasteiger partial charge in [0, 0.05) is 34.9 Å². The number of aromatic nitrogens is 2. The van der Waals surface area contributed by atoms with Gasteiger partial charge < -0.3 is 15.1 Å². The predicted octanol–water partition coefficient (Wildman–Crippen LogP) is 6.06. The topological polar surface area (TPSA) is 80.0 Å². The summed E-state index contributed by atoms with van der Waals surface area (Å²) >= 11 is 0. The lowest BCUT2D eigenvalue weighted by Gasteiger charge is -2.12. The highest BCUT2D eigenvalue weighted by atomic mass is 19.4. The molecule has 162 valence electrons. The Labute approximate surface area is 181 Å². The molecule has 2 aromatic carbocycles. The fourth-order valence-electron chi connectivity index (χ4n) is 2.96. The molecule has 2 heterocycles. The van der Waals surface area contributed by atoms with Crippen LogP contribution in [0.1, 0.15) is 21.5 Å². The van der Waals surface area contributed by atoms with Gasteiger partial charge in [-0.3, -0.25) is 9.78 Å². The summed E-state index contributed by atoms with van der Waals surface area (Å²) in [5, 5.41) is 5.66. The number of pyridine rings is 1. The van der Waals surface area contributed by atoms with Crippen LogP contribution in [0.4, 0.5) is 30.6 Å². The monoisotopic (exact) mass is 438 g/mol. The number of rotatable bonds is 5. The third kappa shape index (κ3) is 4.77. The highest BCUT2D eigenvalue weighted by molar-refractivity contribution is 6.04. The van der Waals surface area contributed by atoms with Crippen LogP contribution in [0.5, 0.6) is 0 Å². The molecule has 0 spiro atoms. The molecule has 0 aliphatic heterocycles. The van der Waals surface area contributed by atoms with Crippen LogP contribution in [0.25, 0.3) is 11.3 Å². The van der Waals surface area contributed by atoms with E-state index >= 15 is 0 Å². The van der Waals surface area contributed by atoms with Gasteiger partial charge in [0.05, 0.1) is 11.8 Å². The van der Waals surface area contributed by atoms with Gasteiger partial charge in [-0.25, -0.2) is 4.98 Å². The van der Waals surface area contributed by atoms with Crippen molar-refractivity contribution in [1.29, 1.82) is 0 Å². The van der Waals surface area contributed by atoms with Gasteiger partial charge in [-0.2, -0.15) is 13.2 Å². The minimum atomic E-state index is -4.53. The molecule has 2 aromatic heterocycles. The molecule has 1 amide bonds. The zero-order valence-electron chi connectivity index (χ0n) is 16.8. The van der Waals surface area contributed by atoms with Crippen LogP contribution in [-0.2, 0) is 6.18 Å². The maximum Gasteiger partial charge on any atom is 0.416 e. The van der Waals surface area contributed by atoms with Gasteiger partial charge in [-0.15, -0.1) is 0 Å². The number of anilines is 3. The zero-order valence-corrected chi connectivity index (χ0v) is 16.8. The third-order valence-corrected chi connectivity index (χ3v) is 4.64. The number of hydrogen-bond donors (Lipinski definition) is 2. The van der Waals surface area contributed by atoms with Crippen molar-refractivity contribution in [3.63, 3.8) is 0 Å². The van der Waals surface area contributed by atoms with Gasteiger partial charge in [-0.1, -0.05) is 12.1 Å². The number of aryl methyl sites for hydroxylation is 1. The molecule has 0 radical (unpaired) electrons. The summed E-state index contributed by atoms with van der Waals surface area (Å²) in [5.41, 5.74) is 1.66. The Morgan fingerprint density at radius 3 is 2.62 bits per heavy atom. The predicted molar refractivity (Wildman–Crippen MR) is 114 cm³/mol. The molecule has 0 atom stereocenters. The first-order valence-corrected chi connectivity index (χ1v) is 9.52. The van der Waals surface area contributed by atoms with E-state index in [1.165, 1.54) is 12.1 Å². The molecule has 9 heteroatoms. The summed E-state index contributed by atoms with van der Waals surface area (Å²) in [6, 6.07) is 13.2. The maximum absolute atomic E-state index is 12.9. The summed E-state index contributed by atoms with van der Waals surface area (Å²) in [5.74, 6) is -0.117. The molecule has 0 saturated carbocycles. The smallest absolute Gasteiger partial charge is 0.416 e. The molecule has 6 nitrogen and oxygen atoms in total. The van der Waals surface area contributed by atoms with E-state index in [-0.39, 0.29) is 11.6 Å². The SMILES string of the molecule is Cc1ccc(NC(=O)c2cccc(C(F)(F)F)c2)cc1Nc1ncc(-c2cccnc2)o1. The Kier molecular flexibility index (Phi) is 5.63. The van der Waals surface area contributed by atoms with E-state index < -0.39 is 17.6 Å². The van der Waals surface area contributed by atoms with Crippen molar-refractivity contribution in [3.05, 3.63) is 89.9 Å². The van der Waals surface area contributed by atoms with Crippen LogP contribution in [-0.4, -0.2) is 15.9 Å². The number of amides is 1. The van der Waals surface area contributed by atoms with Gasteiger partial charge >= 0.3 is 6.18 Å². The van der Waals surface area contributed by atoms with Gasteiger partial charge in [-0.05, 0) is 55.0 Å². The summed E-state index contributed by atoms with van der Waals surface area (Å²) in [6.07, 6.45) is 0.344. The van der Waals surface area contributed by atoms with Crippen LogP contribution in [0, 0.1) is 6.92 Å². The first-order valence-electron chi connectivity index (χ1n) is 9.52. The van der Waals surface area contributed by atoms with E-state index in [0.717, 1.165) is 23.3 Å². The van der Waals surface area contributed by atoms with Crippen molar-refractivity contribution in [2.24, 2.45) is 0 Å². The highest BCUT2D eigenvalue weighted by Crippen LogP contribution is 2.30. The molecule has 0 unspecified atom stereocenters. The second kappa shape index (κ2) is 8.54. The zero-order chi connectivity index (χ0) is 22.7. The number of alkyl halides is 3. The molecule has 0 fully saturated rings. The number of benzene rings is 2. The lowest BCUT2D eigenvalue weighted by Crippen LogP contribution is -2.14. The molecule has 0 aliphatic rings. The van der Waals surface area contributed by atoms with E-state index in [1.54, 1.807) is 42.9 Å². The van der Waals surface area contributed by atoms with Gasteiger partial charge in [0.1, 0.15) is 0 Å². The second-order valence-corrected chi connectivity index (χ2v) is 6.96. The molecule has 32 heavy (non-hydrogen) atoms. The largest absolute Gasteiger partial charge is 0.423 e. The van der Waals surface area contributed by atoms with Crippen molar-refractivity contribution in [2.45, 2.75) is 13.1 Å². The number of nitrogens with zero attached hydrogens (tertiary/aromatic N) is 2. The quantitative estimate of drug-likeness (QED) is 0.396. The number of hydrogen-bond acceptors (Lipinski definition) is 5. The summed E-state index contributed by atoms with van der Waals surface area (Å²) < 4.78 is 44.5. The van der Waals surface area contributed by atoms with Crippen LogP contribution in [0.2, 0.25) is 0 Å². The summed E-state index contributed by atoms with van der Waals surface area (Å²) in [7, 11) is 0. The van der Waals surface area contributed by atoms with Crippen molar-refractivity contribution in [3.8, 4) is 11.3 Å². The first-order chi connectivity index (χ1) is 15.3. The number of carbonyl (C=O) groups is 1. The molecule has 4 rings (SSSR count). The fourth-order valence-corrected chi connectivity index (χ4v) is 2.96. The molecule has 0 aliphatic carbocycles. The Bertz CT molecular complexity index is 1250. The summed E-state index contributed by atoms with van der Waals surface area (Å²) in [4.78, 5) is 20.7. The first kappa shape index (κ1) is 21.1. The average molecular weight is 438 g/mol. The Morgan fingerprint density at radius 1 is 1.03 bits per heavy atom. The van der Waals surface area contributed by atoms with Crippen LogP contribution < -0.4 is 10.6 Å². The second-order valence-electron chi connectivity index (χ2n) is 6.96. The maximum atomic E-state index is 12.9. The van der Waals surface area contributed by atoms with E-state index in [9.17, 15) is 18.0 Å². The van der Waals surface area contributed by atoms with Crippen LogP contribution in [0.15, 0.2) is 77.6 Å². The Balaban J connectivity index is 1.51. The van der Waals surface area contributed by atoms with Crippen molar-refractivity contribution >= 4 is 23.3 Å². The average Bonchev–Trinajstić information content (AvgIpc) is 3.25. The number of nitrogens with one attached hydrogen (secondary N) is 2. The van der Waals surface area contributed by atoms with Crippen molar-refractivity contribution < 1.29 is 22.4 Å². The molecule has 4 aromatic rings. The third-order valence-electron chi connectivity index (χ3n) is 4.64. The lowest BCUT2D eigenvalue weighted by atomic mass is 10.1. The van der Waals surface area contributed by atoms with E-state index in [4.69, 9.17) is 4.42 Å². The number of halogens is 3. The molecule has 2 N–H and O–H groups in total. The van der Waals surface area contributed by atoms with E-state index in [2.05, 4.69) is 20.6 Å². The minimum absolute atomic E-state index is 0.0938. The fraction of sp³-hybridized carbons (Fsp3) is 0.0870. The van der Waals surface area contributed by atoms with Crippen molar-refractivity contribution in [2.75, 3.05) is 10.6 Å². The Hall–Kier alpha value is -4.14. The number of oxazole rings is 1. The molecular formula is C23H17F3N4O2. The van der Waals surface area contributed by atoms with Crippen LogP contribution in [0.3, 0.4) is 0 Å². The van der Waals surface area contributed by atoms with Gasteiger partial charge in [0.15, 0.2) is 5.76 Å². The highest BCUT2D eigenvalue weighted by Gasteiger charge is 2.30. The van der Waals surface area contributed by atoms with E-state index in [1.807, 2.05) is 13.0 Å². The molecule has 0 saturated heterocycles. The molecule has 0 bridgehead atoms. The Morgan fingerprint density at radius 2 is 1.88 bits per heavy atom. The van der Waals surface area contributed by atoms with Gasteiger partial charge in [0.25, 0.3) is 11.9 Å².